The van der Waals surface area contributed by atoms with Gasteiger partial charge in [-0.1, -0.05) is 18.2 Å². The van der Waals surface area contributed by atoms with Gasteiger partial charge in [0, 0.05) is 12.3 Å². The molecule has 0 unspecified atom stereocenters. The number of halogens is 2. The largest absolute Gasteiger partial charge is 0.364 e. The summed E-state index contributed by atoms with van der Waals surface area (Å²) >= 11 is 7.74. The van der Waals surface area contributed by atoms with Gasteiger partial charge in [0.25, 0.3) is 5.91 Å². The topological polar surface area (TPSA) is 68.0 Å². The fourth-order valence-corrected chi connectivity index (χ4v) is 1.32. The number of aromatic nitrogens is 1. The molecule has 0 saturated heterocycles. The van der Waals surface area contributed by atoms with Gasteiger partial charge in [-0.3, -0.25) is 4.79 Å². The molecule has 74 valence electrons. The van der Waals surface area contributed by atoms with Crippen LogP contribution >= 0.6 is 34.2 Å². The number of carbonyl (C=O) groups is 1. The van der Waals surface area contributed by atoms with E-state index in [2.05, 4.69) is 39.5 Å². The Balaban J connectivity index is 2.91. The lowest BCUT2D eigenvalue weighted by Crippen LogP contribution is -2.19. The van der Waals surface area contributed by atoms with Gasteiger partial charge in [0.15, 0.2) is 0 Å². The maximum Gasteiger partial charge on any atom is 0.264 e. The number of pyridine rings is 1. The van der Waals surface area contributed by atoms with Crippen LogP contribution in [0, 0.1) is 3.57 Å². The predicted octanol–water partition coefficient (Wildman–Crippen LogP) is 1.75. The Morgan fingerprint density at radius 1 is 1.71 bits per heavy atom. The summed E-state index contributed by atoms with van der Waals surface area (Å²) in [5.74, 6) is -0.603. The number of carbonyl (C=O) groups excluding carboxylic acids is 1. The Kier molecular flexibility index (Phi) is 3.70. The van der Waals surface area contributed by atoms with Crippen molar-refractivity contribution in [1.29, 1.82) is 0 Å². The Morgan fingerprint density at radius 3 is 2.93 bits per heavy atom. The lowest BCUT2D eigenvalue weighted by atomic mass is 10.3. The first-order valence-electron chi connectivity index (χ1n) is 3.57. The number of rotatable bonds is 3. The molecule has 6 heteroatoms. The molecule has 1 aromatic heterocycles. The van der Waals surface area contributed by atoms with Crippen LogP contribution in [0.2, 0.25) is 5.15 Å². The van der Waals surface area contributed by atoms with Crippen molar-refractivity contribution in [3.8, 4) is 0 Å². The number of hydrogen-bond donors (Lipinski definition) is 2. The summed E-state index contributed by atoms with van der Waals surface area (Å²) < 4.78 is 0.828. The summed E-state index contributed by atoms with van der Waals surface area (Å²) in [4.78, 5) is 14.6. The van der Waals surface area contributed by atoms with Gasteiger partial charge in [0.05, 0.1) is 15.0 Å². The second-order valence-corrected chi connectivity index (χ2v) is 4.00. The highest BCUT2D eigenvalue weighted by molar-refractivity contribution is 14.1. The minimum absolute atomic E-state index is 0.116. The van der Waals surface area contributed by atoms with Gasteiger partial charge >= 0.3 is 0 Å². The van der Waals surface area contributed by atoms with Gasteiger partial charge in [0.2, 0.25) is 0 Å². The van der Waals surface area contributed by atoms with Crippen molar-refractivity contribution in [3.63, 3.8) is 0 Å². The van der Waals surface area contributed by atoms with Gasteiger partial charge in [-0.05, 0) is 22.6 Å². The minimum Gasteiger partial charge on any atom is -0.364 e. The Hall–Kier alpha value is -0.820. The highest BCUT2D eigenvalue weighted by Crippen LogP contribution is 2.21. The molecule has 0 fully saturated rings. The first-order valence-corrected chi connectivity index (χ1v) is 5.03. The third-order valence-corrected chi connectivity index (χ3v) is 2.47. The quantitative estimate of drug-likeness (QED) is 0.506. The zero-order valence-corrected chi connectivity index (χ0v) is 9.96. The van der Waals surface area contributed by atoms with Crippen molar-refractivity contribution in [2.24, 2.45) is 5.73 Å². The van der Waals surface area contributed by atoms with Crippen molar-refractivity contribution >= 4 is 45.8 Å². The fourth-order valence-electron chi connectivity index (χ4n) is 0.733. The molecule has 3 N–H and O–H groups in total. The van der Waals surface area contributed by atoms with Crippen LogP contribution < -0.4 is 11.1 Å². The number of hydrogen-bond acceptors (Lipinski definition) is 3. The standard InChI is InChI=1S/C8H7ClIN3O/c1-4(8(11)14)13-6-2-7(9)12-3-5(6)10/h2-3H,1H2,(H2,11,14)(H,12,13). The SMILES string of the molecule is C=C(Nc1cc(Cl)ncc1I)C(N)=O. The van der Waals surface area contributed by atoms with Crippen LogP contribution in [0.25, 0.3) is 0 Å². The Labute approximate surface area is 99.7 Å². The van der Waals surface area contributed by atoms with Gasteiger partial charge in [0.1, 0.15) is 5.15 Å². The number of anilines is 1. The normalized spacial score (nSPS) is 9.57. The number of primary amides is 1. The number of nitrogens with zero attached hydrogens (tertiary/aromatic N) is 1. The monoisotopic (exact) mass is 323 g/mol. The first-order chi connectivity index (χ1) is 6.50. The van der Waals surface area contributed by atoms with Crippen molar-refractivity contribution in [2.75, 3.05) is 5.32 Å². The minimum atomic E-state index is -0.603. The molecule has 1 heterocycles. The summed E-state index contributed by atoms with van der Waals surface area (Å²) in [6, 6.07) is 1.59. The molecule has 1 aromatic rings. The first kappa shape index (κ1) is 11.3. The number of nitrogens with two attached hydrogens (primary N) is 1. The van der Waals surface area contributed by atoms with Crippen LogP contribution in [0.3, 0.4) is 0 Å². The molecule has 0 aliphatic rings. The van der Waals surface area contributed by atoms with E-state index in [1.807, 2.05) is 0 Å². The van der Waals surface area contributed by atoms with Crippen molar-refractivity contribution in [1.82, 2.24) is 4.98 Å². The molecule has 0 radical (unpaired) electrons. The second-order valence-electron chi connectivity index (χ2n) is 2.45. The van der Waals surface area contributed by atoms with Gasteiger partial charge in [-0.2, -0.15) is 0 Å². The summed E-state index contributed by atoms with van der Waals surface area (Å²) in [5.41, 5.74) is 5.80. The van der Waals surface area contributed by atoms with Gasteiger partial charge < -0.3 is 11.1 Å². The van der Waals surface area contributed by atoms with Crippen molar-refractivity contribution in [2.45, 2.75) is 0 Å². The highest BCUT2D eigenvalue weighted by Gasteiger charge is 2.05. The van der Waals surface area contributed by atoms with Crippen LogP contribution in [0.4, 0.5) is 5.69 Å². The lowest BCUT2D eigenvalue weighted by molar-refractivity contribution is -0.114. The van der Waals surface area contributed by atoms with E-state index in [9.17, 15) is 4.79 Å². The molecule has 0 aliphatic carbocycles. The molecule has 0 aromatic carbocycles. The van der Waals surface area contributed by atoms with E-state index in [0.29, 0.717) is 10.8 Å². The third kappa shape index (κ3) is 2.85. The van der Waals surface area contributed by atoms with E-state index >= 15 is 0 Å². The van der Waals surface area contributed by atoms with Crippen LogP contribution in [0.15, 0.2) is 24.5 Å². The van der Waals surface area contributed by atoms with E-state index in [0.717, 1.165) is 3.57 Å². The molecular weight excluding hydrogens is 316 g/mol. The molecule has 0 atom stereocenters. The molecule has 0 spiro atoms. The van der Waals surface area contributed by atoms with E-state index in [1.165, 1.54) is 0 Å². The zero-order valence-electron chi connectivity index (χ0n) is 7.05. The van der Waals surface area contributed by atoms with Crippen molar-refractivity contribution < 1.29 is 4.79 Å². The molecular formula is C8H7ClIN3O. The van der Waals surface area contributed by atoms with E-state index in [-0.39, 0.29) is 5.70 Å². The van der Waals surface area contributed by atoms with Crippen LogP contribution in [-0.4, -0.2) is 10.9 Å². The molecule has 0 bridgehead atoms. The third-order valence-electron chi connectivity index (χ3n) is 1.40. The van der Waals surface area contributed by atoms with Crippen LogP contribution in [-0.2, 0) is 4.79 Å². The van der Waals surface area contributed by atoms with E-state index < -0.39 is 5.91 Å². The highest BCUT2D eigenvalue weighted by atomic mass is 127. The maximum atomic E-state index is 10.7. The van der Waals surface area contributed by atoms with Crippen LogP contribution in [0.1, 0.15) is 0 Å². The van der Waals surface area contributed by atoms with Gasteiger partial charge in [-0.25, -0.2) is 4.98 Å². The van der Waals surface area contributed by atoms with Crippen molar-refractivity contribution in [3.05, 3.63) is 33.3 Å². The van der Waals surface area contributed by atoms with E-state index in [1.54, 1.807) is 12.3 Å². The average molecular weight is 324 g/mol. The summed E-state index contributed by atoms with van der Waals surface area (Å²) in [6.07, 6.45) is 1.58. The average Bonchev–Trinajstić information content (AvgIpc) is 2.11. The Morgan fingerprint density at radius 2 is 2.36 bits per heavy atom. The maximum absolute atomic E-state index is 10.7. The summed E-state index contributed by atoms with van der Waals surface area (Å²) in [5, 5.41) is 3.09. The lowest BCUT2D eigenvalue weighted by Gasteiger charge is -2.07. The molecule has 1 amide bonds. The predicted molar refractivity (Wildman–Crippen MR) is 63.9 cm³/mol. The van der Waals surface area contributed by atoms with E-state index in [4.69, 9.17) is 17.3 Å². The second kappa shape index (κ2) is 4.61. The fraction of sp³-hybridized carbons (Fsp3) is 0. The van der Waals surface area contributed by atoms with Crippen LogP contribution in [0.5, 0.6) is 0 Å². The smallest absolute Gasteiger partial charge is 0.264 e. The summed E-state index contributed by atoms with van der Waals surface area (Å²) in [7, 11) is 0. The number of amides is 1. The Bertz CT molecular complexity index is 394. The molecule has 1 rings (SSSR count). The molecule has 4 nitrogen and oxygen atoms in total. The molecule has 0 saturated carbocycles. The summed E-state index contributed by atoms with van der Waals surface area (Å²) in [6.45, 7) is 3.47. The molecule has 0 aliphatic heterocycles. The zero-order chi connectivity index (χ0) is 10.7. The van der Waals surface area contributed by atoms with Gasteiger partial charge in [-0.15, -0.1) is 0 Å². The molecule has 14 heavy (non-hydrogen) atoms. The number of nitrogens with one attached hydrogen (secondary N) is 1.